The fourth-order valence-corrected chi connectivity index (χ4v) is 2.29. The highest BCUT2D eigenvalue weighted by molar-refractivity contribution is 5.87. The minimum Gasteiger partial charge on any atom is -0.756 e. The molecule has 126 valence electrons. The lowest BCUT2D eigenvalue weighted by Crippen LogP contribution is -2.44. The van der Waals surface area contributed by atoms with Gasteiger partial charge in [0.1, 0.15) is 11.6 Å². The lowest BCUT2D eigenvalue weighted by atomic mass is 10.1. The van der Waals surface area contributed by atoms with Crippen LogP contribution in [0.15, 0.2) is 24.3 Å². The first-order valence-corrected chi connectivity index (χ1v) is 7.60. The molecule has 2 rings (SSSR count). The van der Waals surface area contributed by atoms with Crippen molar-refractivity contribution in [2.45, 2.75) is 45.3 Å². The van der Waals surface area contributed by atoms with Crippen LogP contribution in [0.1, 0.15) is 33.6 Å². The Morgan fingerprint density at radius 1 is 1.35 bits per heavy atom. The van der Waals surface area contributed by atoms with E-state index in [0.717, 1.165) is 0 Å². The largest absolute Gasteiger partial charge is 0.756 e. The molecule has 7 heteroatoms. The van der Waals surface area contributed by atoms with E-state index < -0.39 is 23.6 Å². The van der Waals surface area contributed by atoms with Gasteiger partial charge in [-0.25, -0.2) is 4.79 Å². The quantitative estimate of drug-likeness (QED) is 0.893. The Morgan fingerprint density at radius 3 is 2.74 bits per heavy atom. The molecule has 0 saturated carbocycles. The Hall–Kier alpha value is -2.28. The number of nitrogens with zero attached hydrogens (tertiary/aromatic N) is 1. The second-order valence-electron chi connectivity index (χ2n) is 6.49. The van der Waals surface area contributed by atoms with E-state index >= 15 is 0 Å². The van der Waals surface area contributed by atoms with Crippen LogP contribution in [0, 0.1) is 5.21 Å². The summed E-state index contributed by atoms with van der Waals surface area (Å²) in [6.45, 7) is 5.60. The number of hydroxylamine groups is 2. The molecule has 1 heterocycles. The Labute approximate surface area is 135 Å². The summed E-state index contributed by atoms with van der Waals surface area (Å²) in [5, 5.41) is 17.6. The van der Waals surface area contributed by atoms with E-state index in [1.54, 1.807) is 45.0 Å². The molecule has 2 N–H and O–H groups in total. The van der Waals surface area contributed by atoms with E-state index in [2.05, 4.69) is 10.6 Å². The number of nitrogens with one attached hydrogen (secondary N) is 2. The van der Waals surface area contributed by atoms with Gasteiger partial charge < -0.3 is 20.3 Å². The van der Waals surface area contributed by atoms with Crippen molar-refractivity contribution in [3.05, 3.63) is 29.5 Å². The number of benzene rings is 1. The van der Waals surface area contributed by atoms with Crippen molar-refractivity contribution in [1.29, 1.82) is 0 Å². The summed E-state index contributed by atoms with van der Waals surface area (Å²) in [5.74, 6) is -0.457. The van der Waals surface area contributed by atoms with E-state index in [0.29, 0.717) is 29.3 Å². The monoisotopic (exact) mass is 320 g/mol. The fourth-order valence-electron chi connectivity index (χ4n) is 2.29. The highest BCUT2D eigenvalue weighted by Gasteiger charge is 2.23. The standard InChI is InChI=1S/C16H22N3O4/c1-16(2,3)23-15(21)18-12-7-4-6-11(10-12)17-13-8-5-9-19(22)14(13)20/h4,6-7,10,13,17H,5,8-9H2,1-3H3,(H,18,21)/q-1. The van der Waals surface area contributed by atoms with Gasteiger partial charge in [-0.15, -0.1) is 0 Å². The maximum absolute atomic E-state index is 11.8. The molecule has 1 aliphatic rings. The van der Waals surface area contributed by atoms with Crippen LogP contribution >= 0.6 is 0 Å². The molecule has 0 bridgehead atoms. The van der Waals surface area contributed by atoms with E-state index in [1.807, 2.05) is 0 Å². The Bertz CT molecular complexity index is 583. The van der Waals surface area contributed by atoms with Gasteiger partial charge in [0.05, 0.1) is 0 Å². The van der Waals surface area contributed by atoms with Crippen molar-refractivity contribution >= 4 is 23.4 Å². The molecular weight excluding hydrogens is 298 g/mol. The summed E-state index contributed by atoms with van der Waals surface area (Å²) in [5.41, 5.74) is 0.630. The summed E-state index contributed by atoms with van der Waals surface area (Å²) in [6.07, 6.45) is 0.735. The van der Waals surface area contributed by atoms with Gasteiger partial charge in [0, 0.05) is 17.9 Å². The number of hydrogen-bond donors (Lipinski definition) is 2. The molecule has 0 radical (unpaired) electrons. The highest BCUT2D eigenvalue weighted by Crippen LogP contribution is 2.20. The van der Waals surface area contributed by atoms with Crippen LogP contribution in [-0.2, 0) is 9.53 Å². The van der Waals surface area contributed by atoms with Gasteiger partial charge in [-0.2, -0.15) is 0 Å². The van der Waals surface area contributed by atoms with E-state index in [1.165, 1.54) is 0 Å². The normalized spacial score (nSPS) is 18.5. The van der Waals surface area contributed by atoms with Crippen LogP contribution in [0.25, 0.3) is 0 Å². The molecule has 7 nitrogen and oxygen atoms in total. The number of carbonyl (C=O) groups excluding carboxylic acids is 2. The Morgan fingerprint density at radius 2 is 2.04 bits per heavy atom. The van der Waals surface area contributed by atoms with Crippen molar-refractivity contribution in [2.75, 3.05) is 17.2 Å². The molecule has 2 amide bonds. The number of rotatable bonds is 3. The van der Waals surface area contributed by atoms with Gasteiger partial charge in [-0.1, -0.05) is 6.07 Å². The van der Waals surface area contributed by atoms with Crippen LogP contribution in [0.4, 0.5) is 16.2 Å². The zero-order valence-electron chi connectivity index (χ0n) is 13.6. The molecule has 0 aliphatic carbocycles. The van der Waals surface area contributed by atoms with Crippen LogP contribution in [0.5, 0.6) is 0 Å². The van der Waals surface area contributed by atoms with E-state index in [4.69, 9.17) is 4.74 Å². The minimum absolute atomic E-state index is 0.247. The zero-order chi connectivity index (χ0) is 17.0. The maximum atomic E-state index is 11.8. The third-order valence-electron chi connectivity index (χ3n) is 3.25. The predicted octanol–water partition coefficient (Wildman–Crippen LogP) is 2.93. The summed E-state index contributed by atoms with van der Waals surface area (Å²) in [7, 11) is 0. The second kappa shape index (κ2) is 6.87. The molecule has 1 aromatic carbocycles. The van der Waals surface area contributed by atoms with Gasteiger partial charge in [-0.05, 0) is 51.8 Å². The Kier molecular flexibility index (Phi) is 5.10. The molecule has 0 aromatic heterocycles. The highest BCUT2D eigenvalue weighted by atomic mass is 16.6. The number of hydrogen-bond acceptors (Lipinski definition) is 5. The zero-order valence-corrected chi connectivity index (χ0v) is 13.6. The van der Waals surface area contributed by atoms with Crippen molar-refractivity contribution < 1.29 is 14.3 Å². The summed E-state index contributed by atoms with van der Waals surface area (Å²) < 4.78 is 5.19. The van der Waals surface area contributed by atoms with Crippen molar-refractivity contribution in [2.24, 2.45) is 0 Å². The topological polar surface area (TPSA) is 93.7 Å². The first-order valence-electron chi connectivity index (χ1n) is 7.60. The molecule has 1 aliphatic heterocycles. The molecule has 1 fully saturated rings. The van der Waals surface area contributed by atoms with Gasteiger partial charge in [0.2, 0.25) is 5.91 Å². The average Bonchev–Trinajstić information content (AvgIpc) is 2.42. The molecule has 23 heavy (non-hydrogen) atoms. The smallest absolute Gasteiger partial charge is 0.412 e. The van der Waals surface area contributed by atoms with Crippen molar-refractivity contribution in [3.8, 4) is 0 Å². The number of amides is 2. The third-order valence-corrected chi connectivity index (χ3v) is 3.25. The fraction of sp³-hybridized carbons (Fsp3) is 0.500. The number of piperidine rings is 1. The van der Waals surface area contributed by atoms with Crippen LogP contribution < -0.4 is 10.6 Å². The van der Waals surface area contributed by atoms with Crippen LogP contribution in [-0.4, -0.2) is 35.3 Å². The second-order valence-corrected chi connectivity index (χ2v) is 6.49. The Balaban J connectivity index is 1.99. The number of carbonyl (C=O) groups is 2. The molecule has 1 atom stereocenters. The van der Waals surface area contributed by atoms with Gasteiger partial charge >= 0.3 is 6.09 Å². The average molecular weight is 320 g/mol. The molecule has 1 unspecified atom stereocenters. The van der Waals surface area contributed by atoms with Crippen LogP contribution in [0.2, 0.25) is 0 Å². The van der Waals surface area contributed by atoms with Gasteiger partial charge in [-0.3, -0.25) is 10.1 Å². The molecular formula is C16H22N3O4-. The van der Waals surface area contributed by atoms with Crippen LogP contribution in [0.3, 0.4) is 0 Å². The van der Waals surface area contributed by atoms with Gasteiger partial charge in [0.25, 0.3) is 0 Å². The number of ether oxygens (including phenoxy) is 1. The first-order chi connectivity index (χ1) is 10.7. The third kappa shape index (κ3) is 5.14. The first kappa shape index (κ1) is 17.1. The molecule has 1 aromatic rings. The predicted molar refractivity (Wildman–Crippen MR) is 88.0 cm³/mol. The maximum Gasteiger partial charge on any atom is 0.412 e. The minimum atomic E-state index is -0.577. The van der Waals surface area contributed by atoms with Crippen molar-refractivity contribution in [3.63, 3.8) is 0 Å². The lowest BCUT2D eigenvalue weighted by molar-refractivity contribution is -0.131. The SMILES string of the molecule is CC(C)(C)OC(=O)Nc1cccc(NC2CCCN([O-])C2=O)c1. The van der Waals surface area contributed by atoms with E-state index in [9.17, 15) is 14.8 Å². The number of anilines is 2. The summed E-state index contributed by atoms with van der Waals surface area (Å²) in [4.78, 5) is 23.6. The molecule has 0 spiro atoms. The van der Waals surface area contributed by atoms with Gasteiger partial charge in [0.15, 0.2) is 0 Å². The molecule has 1 saturated heterocycles. The van der Waals surface area contributed by atoms with Crippen molar-refractivity contribution in [1.82, 2.24) is 5.06 Å². The summed E-state index contributed by atoms with van der Waals surface area (Å²) >= 11 is 0. The summed E-state index contributed by atoms with van der Waals surface area (Å²) in [6, 6.07) is 6.41. The van der Waals surface area contributed by atoms with E-state index in [-0.39, 0.29) is 6.54 Å². The lowest BCUT2D eigenvalue weighted by Gasteiger charge is -2.37.